The lowest BCUT2D eigenvalue weighted by Crippen LogP contribution is -2.13. The molecule has 0 bridgehead atoms. The first-order chi connectivity index (χ1) is 9.47. The third-order valence-corrected chi connectivity index (χ3v) is 3.31. The summed E-state index contributed by atoms with van der Waals surface area (Å²) in [6.07, 6.45) is 0. The molecule has 5 N–H and O–H groups in total. The molecule has 1 unspecified atom stereocenters. The predicted molar refractivity (Wildman–Crippen MR) is 82.6 cm³/mol. The van der Waals surface area contributed by atoms with Crippen LogP contribution in [0.5, 0.6) is 0 Å². The summed E-state index contributed by atoms with van der Waals surface area (Å²) in [7, 11) is 0. The first-order valence-corrected chi connectivity index (χ1v) is 6.50. The Balaban J connectivity index is 2.15. The average molecular weight is 269 g/mol. The normalized spacial score (nSPS) is 11.9. The van der Waals surface area contributed by atoms with Crippen LogP contribution in [0.1, 0.15) is 34.5 Å². The summed E-state index contributed by atoms with van der Waals surface area (Å²) in [5, 5.41) is 3.39. The van der Waals surface area contributed by atoms with Gasteiger partial charge in [-0.05, 0) is 55.3 Å². The van der Waals surface area contributed by atoms with Gasteiger partial charge < -0.3 is 16.8 Å². The van der Waals surface area contributed by atoms with E-state index in [2.05, 4.69) is 12.2 Å². The van der Waals surface area contributed by atoms with Crippen LogP contribution in [0.2, 0.25) is 0 Å². The number of aryl methyl sites for hydroxylation is 1. The summed E-state index contributed by atoms with van der Waals surface area (Å²) in [5.41, 5.74) is 15.3. The van der Waals surface area contributed by atoms with Gasteiger partial charge in [0.25, 0.3) is 0 Å². The molecule has 0 saturated heterocycles. The van der Waals surface area contributed by atoms with E-state index in [9.17, 15) is 4.79 Å². The Morgan fingerprint density at radius 2 is 1.80 bits per heavy atom. The number of amides is 1. The Hall–Kier alpha value is -2.49. The molecule has 0 saturated carbocycles. The van der Waals surface area contributed by atoms with Crippen molar-refractivity contribution in [3.8, 4) is 0 Å². The first kappa shape index (κ1) is 13.9. The van der Waals surface area contributed by atoms with E-state index in [-0.39, 0.29) is 6.04 Å². The van der Waals surface area contributed by atoms with Crippen molar-refractivity contribution in [3.05, 3.63) is 59.2 Å². The van der Waals surface area contributed by atoms with E-state index < -0.39 is 5.91 Å². The molecule has 2 rings (SSSR count). The molecule has 0 aliphatic rings. The summed E-state index contributed by atoms with van der Waals surface area (Å²) in [5.74, 6) is -0.402. The molecule has 4 heteroatoms. The summed E-state index contributed by atoms with van der Waals surface area (Å²) in [6.45, 7) is 3.95. The van der Waals surface area contributed by atoms with Crippen LogP contribution >= 0.6 is 0 Å². The van der Waals surface area contributed by atoms with Gasteiger partial charge in [-0.2, -0.15) is 0 Å². The van der Waals surface area contributed by atoms with Gasteiger partial charge >= 0.3 is 0 Å². The van der Waals surface area contributed by atoms with Crippen LogP contribution in [0, 0.1) is 6.92 Å². The number of nitrogens with two attached hydrogens (primary N) is 2. The van der Waals surface area contributed by atoms with Gasteiger partial charge in [-0.1, -0.05) is 12.1 Å². The maximum atomic E-state index is 11.2. The van der Waals surface area contributed by atoms with Crippen LogP contribution in [-0.2, 0) is 0 Å². The Morgan fingerprint density at radius 1 is 1.15 bits per heavy atom. The van der Waals surface area contributed by atoms with E-state index in [1.807, 2.05) is 43.3 Å². The van der Waals surface area contributed by atoms with Crippen molar-refractivity contribution in [3.63, 3.8) is 0 Å². The van der Waals surface area contributed by atoms with Crippen LogP contribution < -0.4 is 16.8 Å². The van der Waals surface area contributed by atoms with Crippen LogP contribution in [0.4, 0.5) is 11.4 Å². The fraction of sp³-hybridized carbons (Fsp3) is 0.188. The fourth-order valence-corrected chi connectivity index (χ4v) is 2.15. The van der Waals surface area contributed by atoms with Crippen molar-refractivity contribution in [2.24, 2.45) is 5.73 Å². The van der Waals surface area contributed by atoms with Crippen LogP contribution in [0.3, 0.4) is 0 Å². The Bertz CT molecular complexity index is 620. The second-order valence-electron chi connectivity index (χ2n) is 4.93. The van der Waals surface area contributed by atoms with E-state index in [0.717, 1.165) is 22.5 Å². The zero-order chi connectivity index (χ0) is 14.7. The molecule has 0 spiro atoms. The molecule has 1 amide bonds. The molecule has 0 radical (unpaired) electrons. The molecule has 0 aliphatic carbocycles. The van der Waals surface area contributed by atoms with E-state index in [0.29, 0.717) is 5.56 Å². The standard InChI is InChI=1S/C16H19N3O/c1-10-9-14(7-8-15(10)16(18)20)19-11(2)12-3-5-13(17)6-4-12/h3-9,11,19H,17H2,1-2H3,(H2,18,20). The highest BCUT2D eigenvalue weighted by molar-refractivity contribution is 5.94. The molecular weight excluding hydrogens is 250 g/mol. The Labute approximate surface area is 118 Å². The molecule has 20 heavy (non-hydrogen) atoms. The molecule has 0 heterocycles. The minimum Gasteiger partial charge on any atom is -0.399 e. The SMILES string of the molecule is Cc1cc(NC(C)c2ccc(N)cc2)ccc1C(N)=O. The third-order valence-electron chi connectivity index (χ3n) is 3.31. The van der Waals surface area contributed by atoms with E-state index >= 15 is 0 Å². The summed E-state index contributed by atoms with van der Waals surface area (Å²) in [4.78, 5) is 11.2. The van der Waals surface area contributed by atoms with Crippen molar-refractivity contribution >= 4 is 17.3 Å². The lowest BCUT2D eigenvalue weighted by Gasteiger charge is -2.17. The minimum absolute atomic E-state index is 0.148. The molecule has 4 nitrogen and oxygen atoms in total. The maximum absolute atomic E-state index is 11.2. The molecule has 0 aromatic heterocycles. The summed E-state index contributed by atoms with van der Waals surface area (Å²) in [6, 6.07) is 13.4. The number of hydrogen-bond donors (Lipinski definition) is 3. The van der Waals surface area contributed by atoms with Gasteiger partial charge in [0, 0.05) is 23.0 Å². The lowest BCUT2D eigenvalue weighted by molar-refractivity contribution is 0.1000. The third kappa shape index (κ3) is 3.09. The number of nitrogen functional groups attached to an aromatic ring is 1. The number of hydrogen-bond acceptors (Lipinski definition) is 3. The smallest absolute Gasteiger partial charge is 0.248 e. The first-order valence-electron chi connectivity index (χ1n) is 6.50. The van der Waals surface area contributed by atoms with Crippen molar-refractivity contribution < 1.29 is 4.79 Å². The Kier molecular flexibility index (Phi) is 3.94. The number of primary amides is 1. The molecule has 2 aromatic carbocycles. The zero-order valence-electron chi connectivity index (χ0n) is 11.7. The summed E-state index contributed by atoms with van der Waals surface area (Å²) >= 11 is 0. The van der Waals surface area contributed by atoms with Gasteiger partial charge in [0.2, 0.25) is 5.91 Å². The van der Waals surface area contributed by atoms with Gasteiger partial charge in [0.1, 0.15) is 0 Å². The van der Waals surface area contributed by atoms with Gasteiger partial charge in [-0.15, -0.1) is 0 Å². The van der Waals surface area contributed by atoms with E-state index in [1.165, 1.54) is 0 Å². The van der Waals surface area contributed by atoms with Crippen LogP contribution in [0.15, 0.2) is 42.5 Å². The number of carbonyl (C=O) groups excluding carboxylic acids is 1. The molecule has 0 fully saturated rings. The predicted octanol–water partition coefficient (Wildman–Crippen LogP) is 2.85. The van der Waals surface area contributed by atoms with Crippen molar-refractivity contribution in [1.82, 2.24) is 0 Å². The second kappa shape index (κ2) is 5.65. The molecule has 2 aromatic rings. The zero-order valence-corrected chi connectivity index (χ0v) is 11.7. The van der Waals surface area contributed by atoms with Gasteiger partial charge in [-0.25, -0.2) is 0 Å². The van der Waals surface area contributed by atoms with Crippen molar-refractivity contribution in [2.75, 3.05) is 11.1 Å². The minimum atomic E-state index is -0.402. The number of benzene rings is 2. The summed E-state index contributed by atoms with van der Waals surface area (Å²) < 4.78 is 0. The maximum Gasteiger partial charge on any atom is 0.248 e. The highest BCUT2D eigenvalue weighted by Crippen LogP contribution is 2.22. The monoisotopic (exact) mass is 269 g/mol. The number of rotatable bonds is 4. The lowest BCUT2D eigenvalue weighted by atomic mass is 10.1. The second-order valence-corrected chi connectivity index (χ2v) is 4.93. The molecular formula is C16H19N3O. The molecule has 0 aliphatic heterocycles. The number of carbonyl (C=O) groups is 1. The molecule has 1 atom stereocenters. The highest BCUT2D eigenvalue weighted by atomic mass is 16.1. The Morgan fingerprint density at radius 3 is 2.35 bits per heavy atom. The van der Waals surface area contributed by atoms with E-state index in [1.54, 1.807) is 6.07 Å². The molecule has 104 valence electrons. The van der Waals surface area contributed by atoms with Crippen LogP contribution in [-0.4, -0.2) is 5.91 Å². The number of anilines is 2. The average Bonchev–Trinajstić information content (AvgIpc) is 2.39. The number of nitrogens with one attached hydrogen (secondary N) is 1. The quantitative estimate of drug-likeness (QED) is 0.746. The fourth-order valence-electron chi connectivity index (χ4n) is 2.15. The van der Waals surface area contributed by atoms with Crippen LogP contribution in [0.25, 0.3) is 0 Å². The van der Waals surface area contributed by atoms with Crippen molar-refractivity contribution in [2.45, 2.75) is 19.9 Å². The topological polar surface area (TPSA) is 81.1 Å². The van der Waals surface area contributed by atoms with Gasteiger partial charge in [0.05, 0.1) is 0 Å². The van der Waals surface area contributed by atoms with Crippen molar-refractivity contribution in [1.29, 1.82) is 0 Å². The largest absolute Gasteiger partial charge is 0.399 e. The van der Waals surface area contributed by atoms with Gasteiger partial charge in [-0.3, -0.25) is 4.79 Å². The highest BCUT2D eigenvalue weighted by Gasteiger charge is 2.08. The van der Waals surface area contributed by atoms with E-state index in [4.69, 9.17) is 11.5 Å². The van der Waals surface area contributed by atoms with Gasteiger partial charge in [0.15, 0.2) is 0 Å².